The third-order valence-electron chi connectivity index (χ3n) is 8.92. The molecule has 1 aromatic heterocycles. The summed E-state index contributed by atoms with van der Waals surface area (Å²) in [6.45, 7) is 1.34. The Kier molecular flexibility index (Phi) is 10.2. The number of likely N-dealkylation sites (tertiary alicyclic amines) is 1. The molecule has 4 aromatic rings. The molecule has 0 spiro atoms. The summed E-state index contributed by atoms with van der Waals surface area (Å²) in [6, 6.07) is 20.7. The van der Waals surface area contributed by atoms with E-state index in [-0.39, 0.29) is 28.7 Å². The van der Waals surface area contributed by atoms with Gasteiger partial charge in [0, 0.05) is 29.8 Å². The number of hydrogen-bond donors (Lipinski definition) is 3. The van der Waals surface area contributed by atoms with Crippen molar-refractivity contribution in [2.24, 2.45) is 0 Å². The number of nitrogens with zero attached hydrogens (tertiary/aromatic N) is 3. The first-order valence-corrected chi connectivity index (χ1v) is 18.3. The monoisotopic (exact) mass is 722 g/mol. The first-order valence-electron chi connectivity index (χ1n) is 15.9. The van der Waals surface area contributed by atoms with E-state index >= 15 is 0 Å². The van der Waals surface area contributed by atoms with Crippen LogP contribution in [0, 0.1) is 11.3 Å². The third kappa shape index (κ3) is 7.33. The topological polar surface area (TPSA) is 160 Å². The highest BCUT2D eigenvalue weighted by molar-refractivity contribution is 7.52. The molecule has 0 saturated carbocycles. The van der Waals surface area contributed by atoms with E-state index in [9.17, 15) is 33.0 Å². The van der Waals surface area contributed by atoms with Crippen molar-refractivity contribution < 1.29 is 42.3 Å². The number of thiophene rings is 1. The Hall–Kier alpha value is -4.51. The van der Waals surface area contributed by atoms with Crippen molar-refractivity contribution in [2.75, 3.05) is 26.2 Å². The zero-order valence-corrected chi connectivity index (χ0v) is 28.3. The number of rotatable bonds is 9. The number of morpholine rings is 1. The molecule has 260 valence electrons. The normalized spacial score (nSPS) is 18.9. The van der Waals surface area contributed by atoms with Gasteiger partial charge >= 0.3 is 13.3 Å². The highest BCUT2D eigenvalue weighted by Gasteiger charge is 2.50. The number of fused-ring (bicyclic) bond motifs is 1. The Morgan fingerprint density at radius 1 is 1.06 bits per heavy atom. The van der Waals surface area contributed by atoms with Crippen LogP contribution in [0.25, 0.3) is 10.1 Å². The molecule has 0 radical (unpaired) electrons. The second kappa shape index (κ2) is 14.4. The van der Waals surface area contributed by atoms with Gasteiger partial charge in [-0.15, -0.1) is 11.3 Å². The van der Waals surface area contributed by atoms with Gasteiger partial charge in [-0.3, -0.25) is 18.9 Å². The fourth-order valence-corrected chi connectivity index (χ4v) is 7.78. The van der Waals surface area contributed by atoms with Crippen molar-refractivity contribution in [1.82, 2.24) is 15.1 Å². The van der Waals surface area contributed by atoms with Gasteiger partial charge < -0.3 is 29.6 Å². The first-order chi connectivity index (χ1) is 23.9. The van der Waals surface area contributed by atoms with Crippen molar-refractivity contribution in [2.45, 2.75) is 43.1 Å². The highest BCUT2D eigenvalue weighted by Crippen LogP contribution is 2.59. The summed E-state index contributed by atoms with van der Waals surface area (Å²) in [5.74, 6) is -1.36. The van der Waals surface area contributed by atoms with Crippen molar-refractivity contribution in [3.8, 4) is 6.07 Å². The second-order valence-electron chi connectivity index (χ2n) is 12.2. The van der Waals surface area contributed by atoms with Crippen LogP contribution >= 0.6 is 18.9 Å². The van der Waals surface area contributed by atoms with E-state index in [0.29, 0.717) is 54.9 Å². The fraction of sp³-hybridized carbons (Fsp3) is 0.314. The molecule has 2 aliphatic heterocycles. The molecule has 50 heavy (non-hydrogen) atoms. The lowest BCUT2D eigenvalue weighted by Crippen LogP contribution is -2.56. The minimum absolute atomic E-state index is 0.00862. The third-order valence-corrected chi connectivity index (χ3v) is 11.0. The zero-order chi connectivity index (χ0) is 35.6. The van der Waals surface area contributed by atoms with Crippen LogP contribution in [0.15, 0.2) is 78.9 Å². The van der Waals surface area contributed by atoms with Gasteiger partial charge in [0.25, 0.3) is 5.91 Å². The molecule has 3 heterocycles. The Labute approximate surface area is 290 Å². The predicted octanol–water partition coefficient (Wildman–Crippen LogP) is 4.93. The lowest BCUT2D eigenvalue weighted by molar-refractivity contribution is -0.149. The lowest BCUT2D eigenvalue weighted by atomic mass is 10.0. The second-order valence-corrected chi connectivity index (χ2v) is 15.0. The lowest BCUT2D eigenvalue weighted by Gasteiger charge is -2.37. The summed E-state index contributed by atoms with van der Waals surface area (Å²) in [4.78, 5) is 63.4. The van der Waals surface area contributed by atoms with Crippen LogP contribution in [0.1, 0.15) is 50.9 Å². The molecule has 6 rings (SSSR count). The number of nitrogens with one attached hydrogen (secondary N) is 1. The molecular weight excluding hydrogens is 689 g/mol. The number of halogens is 2. The summed E-state index contributed by atoms with van der Waals surface area (Å²) in [7, 11) is -5.80. The van der Waals surface area contributed by atoms with Crippen LogP contribution in [-0.2, 0) is 31.0 Å². The summed E-state index contributed by atoms with van der Waals surface area (Å²) < 4.78 is 46.6. The van der Waals surface area contributed by atoms with Crippen LogP contribution in [0.2, 0.25) is 0 Å². The van der Waals surface area contributed by atoms with Crippen LogP contribution in [-0.4, -0.2) is 75.6 Å². The van der Waals surface area contributed by atoms with Crippen molar-refractivity contribution in [3.05, 3.63) is 106 Å². The van der Waals surface area contributed by atoms with Gasteiger partial charge in [0.05, 0.1) is 29.7 Å². The molecule has 15 heteroatoms. The van der Waals surface area contributed by atoms with E-state index in [0.717, 1.165) is 29.0 Å². The molecule has 2 fully saturated rings. The fourth-order valence-electron chi connectivity index (χ4n) is 6.36. The maximum atomic E-state index is 14.4. The summed E-state index contributed by atoms with van der Waals surface area (Å²) >= 11 is 0.961. The van der Waals surface area contributed by atoms with Gasteiger partial charge in [0.15, 0.2) is 0 Å². The SMILES string of the molecule is N#Cc1cccc(CC(NC(=O)c2cc3cc(C(F)(F)P(=O)(O)O)ccc3s2)C(=O)N2CCC[C@H]2C(=O)N2CCO[C@H](c3ccccc3)C2)c1. The standard InChI is InChI=1S/C35H33F2N4O7PS/c36-35(37,49(45,46)47)26-11-12-30-25(18-26)19-31(50-30)32(42)39-27(17-22-6-4-7-23(16-22)20-38)33(43)41-13-5-10-28(41)34(44)40-14-15-48-29(21-40)24-8-2-1-3-9-24/h1-4,6-9,11-12,16,18-19,27-29H,5,10,13-15,17,21H2,(H,39,42)(H2,45,46,47)/t27?,28-,29-/m0/s1. The van der Waals surface area contributed by atoms with Gasteiger partial charge in [-0.05, 0) is 59.7 Å². The van der Waals surface area contributed by atoms with Crippen molar-refractivity contribution in [3.63, 3.8) is 0 Å². The number of carbonyl (C=O) groups excluding carboxylic acids is 3. The Morgan fingerprint density at radius 3 is 2.58 bits per heavy atom. The minimum Gasteiger partial charge on any atom is -0.370 e. The van der Waals surface area contributed by atoms with Crippen LogP contribution in [0.3, 0.4) is 0 Å². The van der Waals surface area contributed by atoms with Crippen molar-refractivity contribution in [1.29, 1.82) is 5.26 Å². The molecule has 0 aliphatic carbocycles. The molecule has 1 unspecified atom stereocenters. The maximum absolute atomic E-state index is 14.4. The number of alkyl halides is 2. The number of carbonyl (C=O) groups is 3. The minimum atomic E-state index is -5.80. The highest BCUT2D eigenvalue weighted by atomic mass is 32.1. The van der Waals surface area contributed by atoms with Crippen LogP contribution in [0.5, 0.6) is 0 Å². The van der Waals surface area contributed by atoms with E-state index in [4.69, 9.17) is 14.5 Å². The quantitative estimate of drug-likeness (QED) is 0.205. The van der Waals surface area contributed by atoms with E-state index in [2.05, 4.69) is 11.4 Å². The number of benzene rings is 3. The number of amides is 3. The molecule has 0 bridgehead atoms. The molecule has 3 aromatic carbocycles. The van der Waals surface area contributed by atoms with Crippen LogP contribution < -0.4 is 5.32 Å². The summed E-state index contributed by atoms with van der Waals surface area (Å²) in [6.07, 6.45) is 0.728. The van der Waals surface area contributed by atoms with Crippen LogP contribution in [0.4, 0.5) is 8.78 Å². The van der Waals surface area contributed by atoms with E-state index in [1.165, 1.54) is 17.0 Å². The molecule has 3 N–H and O–H groups in total. The molecular formula is C35H33F2N4O7PS. The molecule has 2 aliphatic rings. The van der Waals surface area contributed by atoms with Gasteiger partial charge in [0.2, 0.25) is 11.8 Å². The largest absolute Gasteiger partial charge is 0.399 e. The smallest absolute Gasteiger partial charge is 0.370 e. The van der Waals surface area contributed by atoms with Crippen molar-refractivity contribution >= 4 is 46.7 Å². The first kappa shape index (κ1) is 35.3. The Bertz CT molecular complexity index is 2010. The predicted molar refractivity (Wildman–Crippen MR) is 180 cm³/mol. The van der Waals surface area contributed by atoms with E-state index in [1.54, 1.807) is 29.2 Å². The van der Waals surface area contributed by atoms with Gasteiger partial charge in [-0.2, -0.15) is 14.0 Å². The molecule has 3 amide bonds. The molecule has 2 saturated heterocycles. The summed E-state index contributed by atoms with van der Waals surface area (Å²) in [5.41, 5.74) is -3.41. The Morgan fingerprint density at radius 2 is 1.84 bits per heavy atom. The number of ether oxygens (including phenoxy) is 1. The number of hydrogen-bond acceptors (Lipinski definition) is 7. The van der Waals surface area contributed by atoms with E-state index < -0.39 is 42.7 Å². The van der Waals surface area contributed by atoms with E-state index in [1.807, 2.05) is 30.3 Å². The Balaban J connectivity index is 1.24. The summed E-state index contributed by atoms with van der Waals surface area (Å²) in [5, 5.41) is 12.4. The molecule has 11 nitrogen and oxygen atoms in total. The van der Waals surface area contributed by atoms with Gasteiger partial charge in [-0.25, -0.2) is 0 Å². The van der Waals surface area contributed by atoms with Gasteiger partial charge in [0.1, 0.15) is 18.2 Å². The number of nitriles is 1. The molecule has 3 atom stereocenters. The average Bonchev–Trinajstić information content (AvgIpc) is 3.78. The zero-order valence-electron chi connectivity index (χ0n) is 26.6. The average molecular weight is 723 g/mol. The maximum Gasteiger partial charge on any atom is 0.399 e. The van der Waals surface area contributed by atoms with Gasteiger partial charge in [-0.1, -0.05) is 48.5 Å².